The lowest BCUT2D eigenvalue weighted by atomic mass is 10.0. The summed E-state index contributed by atoms with van der Waals surface area (Å²) in [5, 5.41) is 0. The smallest absolute Gasteiger partial charge is 0.254 e. The number of carbonyl (C=O) groups is 1. The van der Waals surface area contributed by atoms with Crippen molar-refractivity contribution in [3.63, 3.8) is 0 Å². The highest BCUT2D eigenvalue weighted by Crippen LogP contribution is 2.14. The number of aromatic amines is 1. The Bertz CT molecular complexity index is 1030. The van der Waals surface area contributed by atoms with E-state index >= 15 is 0 Å². The first-order chi connectivity index (χ1) is 12.9. The summed E-state index contributed by atoms with van der Waals surface area (Å²) in [6.45, 7) is 1.69. The Labute approximate surface area is 154 Å². The minimum absolute atomic E-state index is 0.00857. The summed E-state index contributed by atoms with van der Waals surface area (Å²) < 4.78 is 26.8. The number of H-pyrrole nitrogens is 1. The number of carbonyl (C=O) groups excluding carboxylic acids is 1. The largest absolute Gasteiger partial charge is 0.305 e. The Morgan fingerprint density at radius 2 is 2.00 bits per heavy atom. The van der Waals surface area contributed by atoms with Crippen LogP contribution in [0.1, 0.15) is 23.2 Å². The molecule has 27 heavy (non-hydrogen) atoms. The summed E-state index contributed by atoms with van der Waals surface area (Å²) in [7, 11) is 0. The average Bonchev–Trinajstić information content (AvgIpc) is 2.64. The van der Waals surface area contributed by atoms with E-state index in [1.165, 1.54) is 0 Å². The van der Waals surface area contributed by atoms with E-state index in [0.29, 0.717) is 22.8 Å². The third-order valence-corrected chi connectivity index (χ3v) is 4.18. The van der Waals surface area contributed by atoms with Crippen LogP contribution in [0.2, 0.25) is 0 Å². The molecule has 0 amide bonds. The molecular formula is C20H17F2N3O2. The number of Topliss-reactive ketones (excluding diaryl/α,β-unsaturated/α-hetero) is 1. The number of aromatic nitrogens is 3. The van der Waals surface area contributed by atoms with Crippen LogP contribution in [0.15, 0.2) is 47.4 Å². The molecule has 2 heterocycles. The van der Waals surface area contributed by atoms with Gasteiger partial charge in [0.1, 0.15) is 23.1 Å². The maximum absolute atomic E-state index is 13.6. The molecule has 0 spiro atoms. The minimum atomic E-state index is -0.625. The monoisotopic (exact) mass is 369 g/mol. The number of nitrogens with one attached hydrogen (secondary N) is 1. The summed E-state index contributed by atoms with van der Waals surface area (Å²) >= 11 is 0. The highest BCUT2D eigenvalue weighted by atomic mass is 19.1. The molecule has 3 aromatic rings. The normalized spacial score (nSPS) is 10.8. The molecule has 0 radical (unpaired) electrons. The second-order valence-corrected chi connectivity index (χ2v) is 6.14. The number of hydrogen-bond acceptors (Lipinski definition) is 4. The molecule has 0 aliphatic rings. The molecule has 0 saturated carbocycles. The van der Waals surface area contributed by atoms with Crippen LogP contribution in [0.4, 0.5) is 8.78 Å². The Kier molecular flexibility index (Phi) is 5.49. The quantitative estimate of drug-likeness (QED) is 0.724. The van der Waals surface area contributed by atoms with E-state index in [0.717, 1.165) is 18.2 Å². The highest BCUT2D eigenvalue weighted by molar-refractivity contribution is 5.81. The molecule has 138 valence electrons. The predicted octanol–water partition coefficient (Wildman–Crippen LogP) is 3.16. The fourth-order valence-corrected chi connectivity index (χ4v) is 2.77. The summed E-state index contributed by atoms with van der Waals surface area (Å²) in [4.78, 5) is 35.7. The van der Waals surface area contributed by atoms with Gasteiger partial charge in [0.2, 0.25) is 0 Å². The van der Waals surface area contributed by atoms with Crippen molar-refractivity contribution in [1.82, 2.24) is 15.0 Å². The topological polar surface area (TPSA) is 75.7 Å². The third kappa shape index (κ3) is 4.49. The molecule has 0 unspecified atom stereocenters. The van der Waals surface area contributed by atoms with Gasteiger partial charge in [-0.15, -0.1) is 0 Å². The molecule has 0 aliphatic heterocycles. The molecule has 0 fully saturated rings. The number of pyridine rings is 1. The second-order valence-electron chi connectivity index (χ2n) is 6.14. The summed E-state index contributed by atoms with van der Waals surface area (Å²) in [5.41, 5.74) is 1.11. The molecule has 0 bridgehead atoms. The fraction of sp³-hybridized carbons (Fsp3) is 0.200. The number of ketones is 1. The third-order valence-electron chi connectivity index (χ3n) is 4.18. The first-order valence-electron chi connectivity index (χ1n) is 8.41. The van der Waals surface area contributed by atoms with Gasteiger partial charge in [-0.05, 0) is 49.2 Å². The van der Waals surface area contributed by atoms with Crippen molar-refractivity contribution in [1.29, 1.82) is 0 Å². The van der Waals surface area contributed by atoms with Gasteiger partial charge in [0.05, 0.1) is 0 Å². The molecule has 1 N–H and O–H groups in total. The van der Waals surface area contributed by atoms with Crippen LogP contribution in [-0.2, 0) is 17.6 Å². The van der Waals surface area contributed by atoms with E-state index in [9.17, 15) is 18.4 Å². The minimum Gasteiger partial charge on any atom is -0.305 e. The van der Waals surface area contributed by atoms with Gasteiger partial charge in [-0.25, -0.2) is 13.8 Å². The van der Waals surface area contributed by atoms with Gasteiger partial charge in [-0.3, -0.25) is 14.6 Å². The Hall–Kier alpha value is -3.22. The zero-order chi connectivity index (χ0) is 19.4. The van der Waals surface area contributed by atoms with Gasteiger partial charge >= 0.3 is 0 Å². The SMILES string of the molecule is Cc1nc(-c2ccccn2)[nH]c(=O)c1CCC(=O)Cc1cc(F)ccc1F. The molecule has 7 heteroatoms. The lowest BCUT2D eigenvalue weighted by Crippen LogP contribution is -2.19. The van der Waals surface area contributed by atoms with Crippen LogP contribution in [0.25, 0.3) is 11.5 Å². The lowest BCUT2D eigenvalue weighted by Gasteiger charge is -2.07. The van der Waals surface area contributed by atoms with Crippen LogP contribution >= 0.6 is 0 Å². The van der Waals surface area contributed by atoms with Gasteiger partial charge < -0.3 is 4.98 Å². The van der Waals surface area contributed by atoms with E-state index in [4.69, 9.17) is 0 Å². The Morgan fingerprint density at radius 1 is 1.19 bits per heavy atom. The molecule has 5 nitrogen and oxygen atoms in total. The van der Waals surface area contributed by atoms with Crippen molar-refractivity contribution in [2.75, 3.05) is 0 Å². The zero-order valence-electron chi connectivity index (χ0n) is 14.6. The standard InChI is InChI=1S/C20H17F2N3O2/c1-12-16(20(27)25-19(24-12)18-4-2-3-9-23-18)7-6-15(26)11-13-10-14(21)5-8-17(13)22/h2-5,8-10H,6-7,11H2,1H3,(H,24,25,27). The van der Waals surface area contributed by atoms with Crippen molar-refractivity contribution in [2.24, 2.45) is 0 Å². The fourth-order valence-electron chi connectivity index (χ4n) is 2.77. The first-order valence-corrected chi connectivity index (χ1v) is 8.41. The van der Waals surface area contributed by atoms with E-state index in [1.807, 2.05) is 0 Å². The van der Waals surface area contributed by atoms with E-state index < -0.39 is 11.6 Å². The number of benzene rings is 1. The van der Waals surface area contributed by atoms with Crippen LogP contribution < -0.4 is 5.56 Å². The van der Waals surface area contributed by atoms with Crippen molar-refractivity contribution in [3.05, 3.63) is 81.4 Å². The van der Waals surface area contributed by atoms with Crippen molar-refractivity contribution in [2.45, 2.75) is 26.2 Å². The van der Waals surface area contributed by atoms with Gasteiger partial charge in [-0.2, -0.15) is 0 Å². The summed E-state index contributed by atoms with van der Waals surface area (Å²) in [5.74, 6) is -1.15. The van der Waals surface area contributed by atoms with E-state index in [-0.39, 0.29) is 36.2 Å². The van der Waals surface area contributed by atoms with Gasteiger partial charge in [0.15, 0.2) is 5.82 Å². The number of halogens is 2. The highest BCUT2D eigenvalue weighted by Gasteiger charge is 2.14. The second kappa shape index (κ2) is 7.99. The first kappa shape index (κ1) is 18.6. The maximum Gasteiger partial charge on any atom is 0.254 e. The molecule has 3 rings (SSSR count). The number of aryl methyl sites for hydroxylation is 1. The molecule has 0 saturated heterocycles. The predicted molar refractivity (Wildman–Crippen MR) is 96.2 cm³/mol. The van der Waals surface area contributed by atoms with Crippen LogP contribution in [0, 0.1) is 18.6 Å². The van der Waals surface area contributed by atoms with Crippen molar-refractivity contribution >= 4 is 5.78 Å². The molecule has 1 aromatic carbocycles. The number of nitrogens with zero attached hydrogens (tertiary/aromatic N) is 2. The molecular weight excluding hydrogens is 352 g/mol. The van der Waals surface area contributed by atoms with Gasteiger partial charge in [0, 0.05) is 30.3 Å². The van der Waals surface area contributed by atoms with Crippen molar-refractivity contribution in [3.8, 4) is 11.5 Å². The summed E-state index contributed by atoms with van der Waals surface area (Å²) in [6.07, 6.45) is 1.58. The van der Waals surface area contributed by atoms with Crippen molar-refractivity contribution < 1.29 is 13.6 Å². The van der Waals surface area contributed by atoms with Crippen LogP contribution in [0.3, 0.4) is 0 Å². The maximum atomic E-state index is 13.6. The van der Waals surface area contributed by atoms with Gasteiger partial charge in [0.25, 0.3) is 5.56 Å². The van der Waals surface area contributed by atoms with E-state index in [1.54, 1.807) is 31.3 Å². The molecule has 0 aliphatic carbocycles. The average molecular weight is 369 g/mol. The van der Waals surface area contributed by atoms with E-state index in [2.05, 4.69) is 15.0 Å². The van der Waals surface area contributed by atoms with Crippen LogP contribution in [-0.4, -0.2) is 20.7 Å². The lowest BCUT2D eigenvalue weighted by molar-refractivity contribution is -0.118. The zero-order valence-corrected chi connectivity index (χ0v) is 14.6. The number of hydrogen-bond donors (Lipinski definition) is 1. The Morgan fingerprint density at radius 3 is 2.70 bits per heavy atom. The van der Waals surface area contributed by atoms with Crippen LogP contribution in [0.5, 0.6) is 0 Å². The molecule has 2 aromatic heterocycles. The Balaban J connectivity index is 1.72. The van der Waals surface area contributed by atoms with Gasteiger partial charge in [-0.1, -0.05) is 6.07 Å². The summed E-state index contributed by atoms with van der Waals surface area (Å²) in [6, 6.07) is 8.28. The molecule has 0 atom stereocenters. The number of rotatable bonds is 6.